The molecular weight excluding hydrogens is 343 g/mol. The van der Waals surface area contributed by atoms with Gasteiger partial charge in [0, 0.05) is 24.7 Å². The fraction of sp³-hybridized carbons (Fsp3) is 0.412. The van der Waals surface area contributed by atoms with Crippen LogP contribution in [0.15, 0.2) is 28.7 Å². The van der Waals surface area contributed by atoms with E-state index < -0.39 is 11.7 Å². The Morgan fingerprint density at radius 2 is 2.12 bits per heavy atom. The van der Waals surface area contributed by atoms with Crippen LogP contribution in [0.3, 0.4) is 0 Å². The number of halogens is 1. The van der Waals surface area contributed by atoms with E-state index in [-0.39, 0.29) is 23.9 Å². The molecule has 1 aliphatic rings. The number of nitrogens with zero attached hydrogens (tertiary/aromatic N) is 3. The van der Waals surface area contributed by atoms with Crippen molar-refractivity contribution in [1.82, 2.24) is 20.4 Å². The normalized spacial score (nSPS) is 14.9. The Bertz CT molecular complexity index is 787. The van der Waals surface area contributed by atoms with Crippen molar-refractivity contribution in [1.29, 1.82) is 0 Å². The molecule has 3 rings (SSSR count). The molecule has 0 aliphatic carbocycles. The summed E-state index contributed by atoms with van der Waals surface area (Å²) in [5.41, 5.74) is 0.402. The van der Waals surface area contributed by atoms with E-state index >= 15 is 0 Å². The van der Waals surface area contributed by atoms with Crippen LogP contribution in [0.4, 0.5) is 9.18 Å². The van der Waals surface area contributed by atoms with E-state index in [0.717, 1.165) is 0 Å². The van der Waals surface area contributed by atoms with Crippen LogP contribution < -0.4 is 5.32 Å². The number of aromatic nitrogens is 2. The summed E-state index contributed by atoms with van der Waals surface area (Å²) < 4.78 is 23.6. The molecule has 26 heavy (non-hydrogen) atoms. The number of benzene rings is 1. The van der Waals surface area contributed by atoms with E-state index in [1.807, 2.05) is 0 Å². The second-order valence-electron chi connectivity index (χ2n) is 5.86. The Labute approximate surface area is 149 Å². The van der Waals surface area contributed by atoms with Crippen LogP contribution in [0.2, 0.25) is 0 Å². The van der Waals surface area contributed by atoms with Crippen LogP contribution in [-0.2, 0) is 4.74 Å². The minimum Gasteiger partial charge on any atom is -0.450 e. The van der Waals surface area contributed by atoms with Gasteiger partial charge in [0.05, 0.1) is 6.61 Å². The van der Waals surface area contributed by atoms with E-state index in [1.54, 1.807) is 17.9 Å². The van der Waals surface area contributed by atoms with Crippen molar-refractivity contribution < 1.29 is 23.1 Å². The minimum absolute atomic E-state index is 0.0757. The molecule has 0 radical (unpaired) electrons. The maximum Gasteiger partial charge on any atom is 0.409 e. The van der Waals surface area contributed by atoms with Gasteiger partial charge in [-0.25, -0.2) is 9.18 Å². The lowest BCUT2D eigenvalue weighted by Gasteiger charge is -2.31. The molecule has 1 fully saturated rings. The third kappa shape index (κ3) is 4.16. The number of hydrogen-bond donors (Lipinski definition) is 1. The van der Waals surface area contributed by atoms with Crippen molar-refractivity contribution in [3.05, 3.63) is 36.0 Å². The molecule has 2 aromatic rings. The van der Waals surface area contributed by atoms with Crippen LogP contribution in [-0.4, -0.2) is 52.8 Å². The maximum absolute atomic E-state index is 13.3. The second kappa shape index (κ2) is 7.94. The molecule has 0 unspecified atom stereocenters. The molecule has 0 bridgehead atoms. The Kier molecular flexibility index (Phi) is 5.45. The molecule has 1 saturated heterocycles. The Morgan fingerprint density at radius 3 is 2.81 bits per heavy atom. The lowest BCUT2D eigenvalue weighted by molar-refractivity contribution is 0.0836. The monoisotopic (exact) mass is 362 g/mol. The lowest BCUT2D eigenvalue weighted by Crippen LogP contribution is -2.46. The van der Waals surface area contributed by atoms with Gasteiger partial charge in [0.25, 0.3) is 0 Å². The molecule has 2 heterocycles. The van der Waals surface area contributed by atoms with Gasteiger partial charge in [-0.3, -0.25) is 4.79 Å². The minimum atomic E-state index is -0.491. The summed E-state index contributed by atoms with van der Waals surface area (Å²) in [6.45, 7) is 3.10. The van der Waals surface area contributed by atoms with Gasteiger partial charge in [0.2, 0.25) is 5.89 Å². The summed E-state index contributed by atoms with van der Waals surface area (Å²) >= 11 is 0. The van der Waals surface area contributed by atoms with Crippen molar-refractivity contribution in [2.45, 2.75) is 25.8 Å². The highest BCUT2D eigenvalue weighted by molar-refractivity contribution is 5.89. The number of nitrogens with one attached hydrogen (secondary N) is 1. The molecule has 9 heteroatoms. The first-order valence-electron chi connectivity index (χ1n) is 8.39. The van der Waals surface area contributed by atoms with Gasteiger partial charge in [-0.2, -0.15) is 0 Å². The number of amides is 2. The zero-order valence-corrected chi connectivity index (χ0v) is 14.3. The first-order valence-corrected chi connectivity index (χ1v) is 8.39. The van der Waals surface area contributed by atoms with Crippen molar-refractivity contribution >= 4 is 12.0 Å². The fourth-order valence-corrected chi connectivity index (χ4v) is 2.72. The average molecular weight is 362 g/mol. The van der Waals surface area contributed by atoms with Crippen molar-refractivity contribution in [3.8, 4) is 11.5 Å². The molecule has 1 aromatic carbocycles. The predicted molar refractivity (Wildman–Crippen MR) is 88.8 cm³/mol. The Morgan fingerprint density at radius 1 is 1.35 bits per heavy atom. The number of carbonyl (C=O) groups is 2. The van der Waals surface area contributed by atoms with Gasteiger partial charge in [-0.05, 0) is 38.0 Å². The van der Waals surface area contributed by atoms with E-state index in [0.29, 0.717) is 38.1 Å². The van der Waals surface area contributed by atoms with Crippen molar-refractivity contribution in [3.63, 3.8) is 0 Å². The number of hydrogen-bond acceptors (Lipinski definition) is 6. The van der Waals surface area contributed by atoms with Gasteiger partial charge < -0.3 is 19.4 Å². The first kappa shape index (κ1) is 17.8. The number of likely N-dealkylation sites (tertiary alicyclic amines) is 1. The van der Waals surface area contributed by atoms with Gasteiger partial charge in [0.1, 0.15) is 5.82 Å². The molecule has 0 atom stereocenters. The van der Waals surface area contributed by atoms with Crippen molar-refractivity contribution in [2.24, 2.45) is 0 Å². The summed E-state index contributed by atoms with van der Waals surface area (Å²) in [5, 5.41) is 10.3. The van der Waals surface area contributed by atoms with Crippen molar-refractivity contribution in [2.75, 3.05) is 19.7 Å². The van der Waals surface area contributed by atoms with E-state index in [1.165, 1.54) is 18.2 Å². The average Bonchev–Trinajstić information content (AvgIpc) is 3.13. The van der Waals surface area contributed by atoms with Crippen LogP contribution in [0.1, 0.15) is 30.5 Å². The van der Waals surface area contributed by atoms with Crippen LogP contribution >= 0.6 is 0 Å². The molecule has 0 saturated carbocycles. The zero-order valence-electron chi connectivity index (χ0n) is 14.3. The Balaban J connectivity index is 1.56. The standard InChI is InChI=1S/C17H19FN4O4/c1-2-25-17(24)22-8-6-13(7-9-22)19-14(23)16-21-20-15(26-16)11-4-3-5-12(18)10-11/h3-5,10,13H,2,6-9H2,1H3,(H,19,23). The van der Waals surface area contributed by atoms with Gasteiger partial charge in [-0.15, -0.1) is 10.2 Å². The number of ether oxygens (including phenoxy) is 1. The van der Waals surface area contributed by atoms with Gasteiger partial charge in [0.15, 0.2) is 0 Å². The smallest absolute Gasteiger partial charge is 0.409 e. The highest BCUT2D eigenvalue weighted by Gasteiger charge is 2.26. The largest absolute Gasteiger partial charge is 0.450 e. The quantitative estimate of drug-likeness (QED) is 0.896. The molecule has 138 valence electrons. The highest BCUT2D eigenvalue weighted by atomic mass is 19.1. The Hall–Kier alpha value is -2.97. The summed E-state index contributed by atoms with van der Waals surface area (Å²) in [6, 6.07) is 5.59. The van der Waals surface area contributed by atoms with Crippen LogP contribution in [0.25, 0.3) is 11.5 Å². The third-order valence-corrected chi connectivity index (χ3v) is 4.05. The zero-order chi connectivity index (χ0) is 18.5. The van der Waals surface area contributed by atoms with Gasteiger partial charge in [-0.1, -0.05) is 6.07 Å². The van der Waals surface area contributed by atoms with Gasteiger partial charge >= 0.3 is 17.9 Å². The molecule has 1 aromatic heterocycles. The fourth-order valence-electron chi connectivity index (χ4n) is 2.72. The predicted octanol–water partition coefficient (Wildman–Crippen LogP) is 2.23. The van der Waals surface area contributed by atoms with Crippen LogP contribution in [0.5, 0.6) is 0 Å². The lowest BCUT2D eigenvalue weighted by atomic mass is 10.1. The molecule has 1 N–H and O–H groups in total. The third-order valence-electron chi connectivity index (χ3n) is 4.05. The summed E-state index contributed by atoms with van der Waals surface area (Å²) in [5.74, 6) is -1.03. The summed E-state index contributed by atoms with van der Waals surface area (Å²) in [4.78, 5) is 25.5. The molecule has 2 amide bonds. The highest BCUT2D eigenvalue weighted by Crippen LogP contribution is 2.19. The number of rotatable bonds is 4. The molecule has 1 aliphatic heterocycles. The first-order chi connectivity index (χ1) is 12.6. The van der Waals surface area contributed by atoms with E-state index in [9.17, 15) is 14.0 Å². The SMILES string of the molecule is CCOC(=O)N1CCC(NC(=O)c2nnc(-c3cccc(F)c3)o2)CC1. The number of piperidine rings is 1. The van der Waals surface area contributed by atoms with Crippen LogP contribution in [0, 0.1) is 5.82 Å². The molecular formula is C17H19FN4O4. The maximum atomic E-state index is 13.3. The molecule has 8 nitrogen and oxygen atoms in total. The second-order valence-corrected chi connectivity index (χ2v) is 5.86. The molecule has 0 spiro atoms. The van der Waals surface area contributed by atoms with E-state index in [2.05, 4.69) is 15.5 Å². The number of carbonyl (C=O) groups excluding carboxylic acids is 2. The summed E-state index contributed by atoms with van der Waals surface area (Å²) in [7, 11) is 0. The van der Waals surface area contributed by atoms with E-state index in [4.69, 9.17) is 9.15 Å². The summed E-state index contributed by atoms with van der Waals surface area (Å²) in [6.07, 6.45) is 0.874. The topological polar surface area (TPSA) is 97.6 Å².